The maximum atomic E-state index is 12.5. The minimum absolute atomic E-state index is 0.00781. The molecule has 0 aliphatic heterocycles. The summed E-state index contributed by atoms with van der Waals surface area (Å²) in [6.45, 7) is 0. The number of nitro benzene ring substituents is 1. The number of ether oxygens (including phenoxy) is 1. The molecule has 0 bridgehead atoms. The first-order chi connectivity index (χ1) is 13.8. The number of thiazole rings is 1. The van der Waals surface area contributed by atoms with E-state index in [4.69, 9.17) is 0 Å². The Morgan fingerprint density at radius 2 is 1.93 bits per heavy atom. The SMILES string of the molecule is CS(=O)(=O)c1cc(C(=O)Nc2nc3ccc(OC(F)(F)F)cc3s2)cc([N+](=O)[O-])c1. The minimum Gasteiger partial charge on any atom is -0.406 e. The highest BCUT2D eigenvalue weighted by Gasteiger charge is 2.31. The lowest BCUT2D eigenvalue weighted by Gasteiger charge is -2.07. The fraction of sp³-hybridized carbons (Fsp3) is 0.125. The molecule has 1 amide bonds. The fourth-order valence-electron chi connectivity index (χ4n) is 2.36. The summed E-state index contributed by atoms with van der Waals surface area (Å²) in [4.78, 5) is 26.3. The van der Waals surface area contributed by atoms with E-state index < -0.39 is 43.4 Å². The molecule has 0 spiro atoms. The molecule has 1 heterocycles. The quantitative estimate of drug-likeness (QED) is 0.452. The van der Waals surface area contributed by atoms with Crippen LogP contribution in [0.1, 0.15) is 10.4 Å². The van der Waals surface area contributed by atoms with Crippen molar-refractivity contribution in [1.82, 2.24) is 4.98 Å². The standard InChI is InChI=1S/C16H10F3N3O6S2/c1-30(26,27)11-5-8(4-9(6-11)22(24)25)14(23)21-15-20-12-3-2-10(7-13(12)29-15)28-16(17,18)19/h2-7H,1H3,(H,20,21,23). The van der Waals surface area contributed by atoms with E-state index in [2.05, 4.69) is 15.0 Å². The molecule has 1 aromatic heterocycles. The summed E-state index contributed by atoms with van der Waals surface area (Å²) in [5, 5.41) is 13.4. The molecule has 158 valence electrons. The molecule has 0 atom stereocenters. The van der Waals surface area contributed by atoms with E-state index in [9.17, 15) is 36.5 Å². The summed E-state index contributed by atoms with van der Waals surface area (Å²) in [5.41, 5.74) is -0.619. The zero-order valence-electron chi connectivity index (χ0n) is 14.8. The fourth-order valence-corrected chi connectivity index (χ4v) is 3.92. The molecule has 2 aromatic carbocycles. The maximum absolute atomic E-state index is 12.5. The summed E-state index contributed by atoms with van der Waals surface area (Å²) in [6.07, 6.45) is -4.03. The molecule has 0 saturated carbocycles. The van der Waals surface area contributed by atoms with Gasteiger partial charge in [0.2, 0.25) is 0 Å². The maximum Gasteiger partial charge on any atom is 0.573 e. The highest BCUT2D eigenvalue weighted by molar-refractivity contribution is 7.90. The van der Waals surface area contributed by atoms with Crippen LogP contribution in [0.4, 0.5) is 24.0 Å². The number of aromatic nitrogens is 1. The molecule has 14 heteroatoms. The number of hydrogen-bond acceptors (Lipinski definition) is 8. The van der Waals surface area contributed by atoms with E-state index in [0.29, 0.717) is 0 Å². The first-order valence-corrected chi connectivity index (χ1v) is 10.5. The van der Waals surface area contributed by atoms with Gasteiger partial charge in [-0.05, 0) is 18.2 Å². The van der Waals surface area contributed by atoms with E-state index in [1.807, 2.05) is 0 Å². The average molecular weight is 461 g/mol. The largest absolute Gasteiger partial charge is 0.573 e. The van der Waals surface area contributed by atoms with Gasteiger partial charge in [-0.1, -0.05) is 11.3 Å². The Hall–Kier alpha value is -3.26. The van der Waals surface area contributed by atoms with Crippen LogP contribution < -0.4 is 10.1 Å². The van der Waals surface area contributed by atoms with Crippen molar-refractivity contribution >= 4 is 48.1 Å². The molecule has 0 saturated heterocycles. The number of amides is 1. The molecular formula is C16H10F3N3O6S2. The summed E-state index contributed by atoms with van der Waals surface area (Å²) in [5.74, 6) is -1.34. The van der Waals surface area contributed by atoms with E-state index in [-0.39, 0.29) is 20.9 Å². The molecule has 0 radical (unpaired) electrons. The van der Waals surface area contributed by atoms with Crippen molar-refractivity contribution in [3.8, 4) is 5.75 Å². The number of nitro groups is 1. The van der Waals surface area contributed by atoms with E-state index in [0.717, 1.165) is 47.9 Å². The number of carbonyl (C=O) groups excluding carboxylic acids is 1. The number of benzene rings is 2. The van der Waals surface area contributed by atoms with Gasteiger partial charge in [0.05, 0.1) is 20.0 Å². The second kappa shape index (κ2) is 7.53. The number of hydrogen-bond donors (Lipinski definition) is 1. The Labute approximate surface area is 170 Å². The molecule has 30 heavy (non-hydrogen) atoms. The lowest BCUT2D eigenvalue weighted by Crippen LogP contribution is -2.16. The first-order valence-electron chi connectivity index (χ1n) is 7.79. The number of anilines is 1. The monoisotopic (exact) mass is 461 g/mol. The predicted octanol–water partition coefficient (Wildman–Crippen LogP) is 3.76. The third-order valence-electron chi connectivity index (χ3n) is 3.61. The highest BCUT2D eigenvalue weighted by atomic mass is 32.2. The Bertz CT molecular complexity index is 1270. The number of nitrogens with one attached hydrogen (secondary N) is 1. The second-order valence-electron chi connectivity index (χ2n) is 5.90. The van der Waals surface area contributed by atoms with Crippen LogP contribution >= 0.6 is 11.3 Å². The van der Waals surface area contributed by atoms with Gasteiger partial charge < -0.3 is 4.74 Å². The van der Waals surface area contributed by atoms with Crippen molar-refractivity contribution in [2.24, 2.45) is 0 Å². The molecule has 0 aliphatic rings. The highest BCUT2D eigenvalue weighted by Crippen LogP contribution is 2.32. The Morgan fingerprint density at radius 3 is 2.53 bits per heavy atom. The first kappa shape index (κ1) is 21.4. The van der Waals surface area contributed by atoms with E-state index in [1.54, 1.807) is 0 Å². The third kappa shape index (κ3) is 5.01. The van der Waals surface area contributed by atoms with Crippen LogP contribution in [0.5, 0.6) is 5.75 Å². The molecule has 3 rings (SSSR count). The Kier molecular flexibility index (Phi) is 5.38. The van der Waals surface area contributed by atoms with Crippen molar-refractivity contribution in [3.05, 3.63) is 52.1 Å². The van der Waals surface area contributed by atoms with Gasteiger partial charge >= 0.3 is 6.36 Å². The third-order valence-corrected chi connectivity index (χ3v) is 5.63. The number of halogens is 3. The lowest BCUT2D eigenvalue weighted by atomic mass is 10.2. The Morgan fingerprint density at radius 1 is 1.23 bits per heavy atom. The molecule has 1 N–H and O–H groups in total. The zero-order chi connectivity index (χ0) is 22.3. The number of carbonyl (C=O) groups is 1. The van der Waals surface area contributed by atoms with Crippen molar-refractivity contribution in [2.45, 2.75) is 11.3 Å². The number of sulfone groups is 1. The lowest BCUT2D eigenvalue weighted by molar-refractivity contribution is -0.385. The average Bonchev–Trinajstić information content (AvgIpc) is 3.00. The number of non-ortho nitro benzene ring substituents is 1. The Balaban J connectivity index is 1.91. The number of alkyl halides is 3. The minimum atomic E-state index is -4.87. The predicted molar refractivity (Wildman–Crippen MR) is 100 cm³/mol. The molecule has 9 nitrogen and oxygen atoms in total. The van der Waals surface area contributed by atoms with Gasteiger partial charge in [-0.3, -0.25) is 20.2 Å². The number of nitrogens with zero attached hydrogens (tertiary/aromatic N) is 2. The van der Waals surface area contributed by atoms with Crippen LogP contribution in [0.15, 0.2) is 41.3 Å². The van der Waals surface area contributed by atoms with Crippen LogP contribution in [-0.4, -0.2) is 36.9 Å². The summed E-state index contributed by atoms with van der Waals surface area (Å²) < 4.78 is 64.6. The van der Waals surface area contributed by atoms with Crippen LogP contribution in [0.25, 0.3) is 10.2 Å². The van der Waals surface area contributed by atoms with Crippen LogP contribution in [-0.2, 0) is 9.84 Å². The van der Waals surface area contributed by atoms with Crippen molar-refractivity contribution < 1.29 is 36.0 Å². The molecular weight excluding hydrogens is 451 g/mol. The van der Waals surface area contributed by atoms with Crippen LogP contribution in [0.3, 0.4) is 0 Å². The molecule has 0 fully saturated rings. The van der Waals surface area contributed by atoms with Crippen molar-refractivity contribution in [3.63, 3.8) is 0 Å². The molecule has 3 aromatic rings. The topological polar surface area (TPSA) is 128 Å². The molecule has 0 unspecified atom stereocenters. The zero-order valence-corrected chi connectivity index (χ0v) is 16.4. The number of rotatable bonds is 5. The number of fused-ring (bicyclic) bond motifs is 1. The normalized spacial score (nSPS) is 12.0. The van der Waals surface area contributed by atoms with Crippen LogP contribution in [0.2, 0.25) is 0 Å². The molecule has 0 aliphatic carbocycles. The van der Waals surface area contributed by atoms with E-state index in [1.165, 1.54) is 6.07 Å². The van der Waals surface area contributed by atoms with Crippen molar-refractivity contribution in [1.29, 1.82) is 0 Å². The summed E-state index contributed by atoms with van der Waals surface area (Å²) >= 11 is 0.838. The van der Waals surface area contributed by atoms with Gasteiger partial charge in [0.15, 0.2) is 15.0 Å². The smallest absolute Gasteiger partial charge is 0.406 e. The van der Waals surface area contributed by atoms with Gasteiger partial charge in [-0.2, -0.15) is 0 Å². The van der Waals surface area contributed by atoms with Gasteiger partial charge in [-0.25, -0.2) is 13.4 Å². The summed E-state index contributed by atoms with van der Waals surface area (Å²) in [6, 6.07) is 6.10. The van der Waals surface area contributed by atoms with E-state index >= 15 is 0 Å². The van der Waals surface area contributed by atoms with Gasteiger partial charge in [0.1, 0.15) is 5.75 Å². The van der Waals surface area contributed by atoms with Crippen LogP contribution in [0, 0.1) is 10.1 Å². The summed E-state index contributed by atoms with van der Waals surface area (Å²) in [7, 11) is -3.83. The van der Waals surface area contributed by atoms with Gasteiger partial charge in [0.25, 0.3) is 11.6 Å². The van der Waals surface area contributed by atoms with Crippen molar-refractivity contribution in [2.75, 3.05) is 11.6 Å². The second-order valence-corrected chi connectivity index (χ2v) is 8.94. The van der Waals surface area contributed by atoms with Gasteiger partial charge in [0, 0.05) is 30.0 Å². The van der Waals surface area contributed by atoms with Gasteiger partial charge in [-0.15, -0.1) is 13.2 Å².